The third-order valence-electron chi connectivity index (χ3n) is 7.90. The largest absolute Gasteiger partial charge is 0.542 e. The second-order valence-corrected chi connectivity index (χ2v) is 18.2. The molecular weight excluding hydrogens is 577 g/mol. The second kappa shape index (κ2) is 13.2. The zero-order valence-electron chi connectivity index (χ0n) is 27.9. The molecule has 0 aliphatic heterocycles. The van der Waals surface area contributed by atoms with E-state index in [9.17, 15) is 10.2 Å². The summed E-state index contributed by atoms with van der Waals surface area (Å²) in [5, 5.41) is 20.6. The van der Waals surface area contributed by atoms with E-state index in [-0.39, 0.29) is 34.2 Å². The number of phenols is 2. The van der Waals surface area contributed by atoms with Gasteiger partial charge >= 0.3 is 0 Å². The third kappa shape index (κ3) is 7.96. The Labute approximate surface area is 268 Å². The van der Waals surface area contributed by atoms with Gasteiger partial charge in [0.2, 0.25) is 0 Å². The van der Waals surface area contributed by atoms with E-state index in [0.717, 1.165) is 33.8 Å². The predicted molar refractivity (Wildman–Crippen MR) is 186 cm³/mol. The summed E-state index contributed by atoms with van der Waals surface area (Å²) in [7, 11) is -2.18. The smallest absolute Gasteiger partial charge is 0.274 e. The van der Waals surface area contributed by atoms with Gasteiger partial charge in [-0.3, -0.25) is 0 Å². The molecule has 232 valence electrons. The summed E-state index contributed by atoms with van der Waals surface area (Å²) in [5.41, 5.74) is 6.62. The van der Waals surface area contributed by atoms with Crippen LogP contribution in [0.3, 0.4) is 0 Å². The Hall–Kier alpha value is -3.49. The molecule has 0 spiro atoms. The molecule has 4 rings (SSSR count). The van der Waals surface area contributed by atoms with Gasteiger partial charge in [0, 0.05) is 23.0 Å². The van der Waals surface area contributed by atoms with E-state index in [2.05, 4.69) is 104 Å². The lowest BCUT2D eigenvalue weighted by Gasteiger charge is -2.34. The van der Waals surface area contributed by atoms with Crippen molar-refractivity contribution < 1.29 is 19.1 Å². The van der Waals surface area contributed by atoms with Crippen molar-refractivity contribution in [3.8, 4) is 23.0 Å². The quantitative estimate of drug-likeness (QED) is 0.182. The molecule has 44 heavy (non-hydrogen) atoms. The van der Waals surface area contributed by atoms with Gasteiger partial charge in [0.05, 0.1) is 0 Å². The van der Waals surface area contributed by atoms with Crippen LogP contribution in [0.2, 0.25) is 26.2 Å². The van der Waals surface area contributed by atoms with Crippen LogP contribution in [-0.2, 0) is 10.8 Å². The summed E-state index contributed by atoms with van der Waals surface area (Å²) in [6, 6.07) is 28.4. The topological polar surface area (TPSA) is 58.9 Å². The highest BCUT2D eigenvalue weighted by Crippen LogP contribution is 2.50. The van der Waals surface area contributed by atoms with E-state index in [4.69, 9.17) is 8.85 Å². The Morgan fingerprint density at radius 3 is 1.09 bits per heavy atom. The molecule has 0 aromatic heterocycles. The lowest BCUT2D eigenvalue weighted by atomic mass is 9.72. The SMILES string of the molecule is C[Si](C)Oc1cc(C(C)(C)C)ccc1C(c1ccc(O)cc1)C(c1ccc(O)cc1)c1ccc(C(C)(C)C)cc1O[Si](C)C. The fraction of sp³-hybridized carbons (Fsp3) is 0.368. The highest BCUT2D eigenvalue weighted by molar-refractivity contribution is 6.49. The highest BCUT2D eigenvalue weighted by Gasteiger charge is 2.34. The lowest BCUT2D eigenvalue weighted by Crippen LogP contribution is -2.22. The monoisotopic (exact) mass is 624 g/mol. The zero-order valence-corrected chi connectivity index (χ0v) is 29.9. The normalized spacial score (nSPS) is 13.6. The number of rotatable bonds is 9. The van der Waals surface area contributed by atoms with E-state index < -0.39 is 18.1 Å². The summed E-state index contributed by atoms with van der Waals surface area (Å²) >= 11 is 0. The molecule has 2 radical (unpaired) electrons. The van der Waals surface area contributed by atoms with Crippen LogP contribution in [0, 0.1) is 0 Å². The third-order valence-corrected chi connectivity index (χ3v) is 9.15. The van der Waals surface area contributed by atoms with Gasteiger partial charge in [-0.1, -0.05) is 90.1 Å². The number of hydrogen-bond donors (Lipinski definition) is 2. The summed E-state index contributed by atoms with van der Waals surface area (Å²) in [6.07, 6.45) is 0. The first kappa shape index (κ1) is 33.4. The van der Waals surface area contributed by atoms with Crippen LogP contribution in [-0.4, -0.2) is 28.3 Å². The van der Waals surface area contributed by atoms with Gasteiger partial charge in [0.15, 0.2) is 0 Å². The molecule has 4 aromatic rings. The first-order chi connectivity index (χ1) is 20.5. The Bertz CT molecular complexity index is 1430. The van der Waals surface area contributed by atoms with Crippen LogP contribution in [0.1, 0.15) is 86.8 Å². The maximum absolute atomic E-state index is 10.3. The molecule has 2 N–H and O–H groups in total. The number of benzene rings is 4. The Balaban J connectivity index is 2.10. The van der Waals surface area contributed by atoms with Gasteiger partial charge < -0.3 is 19.1 Å². The first-order valence-electron chi connectivity index (χ1n) is 15.4. The molecule has 2 unspecified atom stereocenters. The maximum Gasteiger partial charge on any atom is 0.274 e. The molecule has 0 aliphatic rings. The van der Waals surface area contributed by atoms with Gasteiger partial charge in [-0.05, 0) is 95.7 Å². The minimum atomic E-state index is -1.09. The van der Waals surface area contributed by atoms with Crippen LogP contribution in [0.25, 0.3) is 0 Å². The first-order valence-corrected chi connectivity index (χ1v) is 20.2. The summed E-state index contributed by atoms with van der Waals surface area (Å²) in [6.45, 7) is 22.0. The van der Waals surface area contributed by atoms with E-state index in [1.54, 1.807) is 24.3 Å². The molecule has 0 heterocycles. The molecule has 4 nitrogen and oxygen atoms in total. The Morgan fingerprint density at radius 2 is 0.818 bits per heavy atom. The van der Waals surface area contributed by atoms with Crippen molar-refractivity contribution in [3.05, 3.63) is 118 Å². The van der Waals surface area contributed by atoms with Gasteiger partial charge in [0.1, 0.15) is 23.0 Å². The average Bonchev–Trinajstić information content (AvgIpc) is 2.92. The Kier molecular flexibility index (Phi) is 10.1. The van der Waals surface area contributed by atoms with Crippen molar-refractivity contribution in [2.45, 2.75) is 90.4 Å². The molecule has 2 atom stereocenters. The van der Waals surface area contributed by atoms with E-state index in [1.165, 1.54) is 11.1 Å². The molecular formula is C38H48O4Si2. The highest BCUT2D eigenvalue weighted by atomic mass is 28.3. The molecule has 0 saturated carbocycles. The van der Waals surface area contributed by atoms with Gasteiger partial charge in [-0.2, -0.15) is 0 Å². The van der Waals surface area contributed by atoms with Gasteiger partial charge in [0.25, 0.3) is 18.1 Å². The summed E-state index contributed by atoms with van der Waals surface area (Å²) in [4.78, 5) is 0. The minimum absolute atomic E-state index is 0.0418. The van der Waals surface area contributed by atoms with Crippen LogP contribution in [0.5, 0.6) is 23.0 Å². The molecule has 0 fully saturated rings. The van der Waals surface area contributed by atoms with Crippen molar-refractivity contribution in [2.24, 2.45) is 0 Å². The summed E-state index contributed by atoms with van der Waals surface area (Å²) < 4.78 is 13.4. The van der Waals surface area contributed by atoms with Crippen molar-refractivity contribution in [1.82, 2.24) is 0 Å². The second-order valence-electron chi connectivity index (χ2n) is 14.2. The zero-order chi connectivity index (χ0) is 32.4. The van der Waals surface area contributed by atoms with E-state index in [1.807, 2.05) is 24.3 Å². The number of phenolic OH excluding ortho intramolecular Hbond substituents is 2. The Morgan fingerprint density at radius 1 is 0.500 bits per heavy atom. The lowest BCUT2D eigenvalue weighted by molar-refractivity contribution is 0.473. The van der Waals surface area contributed by atoms with Crippen LogP contribution in [0.4, 0.5) is 0 Å². The molecule has 0 amide bonds. The van der Waals surface area contributed by atoms with Gasteiger partial charge in [-0.25, -0.2) is 0 Å². The predicted octanol–water partition coefficient (Wildman–Crippen LogP) is 9.92. The maximum atomic E-state index is 10.3. The average molecular weight is 625 g/mol. The van der Waals surface area contributed by atoms with Crippen LogP contribution < -0.4 is 8.85 Å². The fourth-order valence-corrected chi connectivity index (χ4v) is 6.83. The van der Waals surface area contributed by atoms with Gasteiger partial charge in [-0.15, -0.1) is 0 Å². The van der Waals surface area contributed by atoms with Crippen molar-refractivity contribution in [2.75, 3.05) is 0 Å². The standard InChI is InChI=1S/C38H48O4Si2/c1-37(2,3)27-15-21-31(33(23-27)41-43(7)8)35(25-11-17-29(39)18-12-25)36(26-13-19-30(40)20-14-26)32-22-16-28(38(4,5)6)24-34(32)42-44(9)10/h11-24,35-36,39-40H,1-10H3. The minimum Gasteiger partial charge on any atom is -0.542 e. The van der Waals surface area contributed by atoms with Crippen LogP contribution >= 0.6 is 0 Å². The van der Waals surface area contributed by atoms with Crippen molar-refractivity contribution in [3.63, 3.8) is 0 Å². The van der Waals surface area contributed by atoms with E-state index >= 15 is 0 Å². The molecule has 0 saturated heterocycles. The fourth-order valence-electron chi connectivity index (χ4n) is 5.60. The van der Waals surface area contributed by atoms with Crippen molar-refractivity contribution in [1.29, 1.82) is 0 Å². The molecule has 4 aromatic carbocycles. The number of hydrogen-bond acceptors (Lipinski definition) is 4. The molecule has 0 bridgehead atoms. The summed E-state index contributed by atoms with van der Waals surface area (Å²) in [5.74, 6) is 1.87. The van der Waals surface area contributed by atoms with Crippen molar-refractivity contribution >= 4 is 18.1 Å². The molecule has 6 heteroatoms. The van der Waals surface area contributed by atoms with E-state index in [0.29, 0.717) is 0 Å². The van der Waals surface area contributed by atoms with Crippen LogP contribution in [0.15, 0.2) is 84.9 Å². The molecule has 0 aliphatic carbocycles. The number of aromatic hydroxyl groups is 2.